The zero-order valence-corrected chi connectivity index (χ0v) is 16.9. The molecule has 150 valence electrons. The average Bonchev–Trinajstić information content (AvgIpc) is 3.05. The fourth-order valence-electron chi connectivity index (χ4n) is 5.04. The van der Waals surface area contributed by atoms with Gasteiger partial charge in [-0.05, 0) is 80.0 Å². The van der Waals surface area contributed by atoms with E-state index in [0.29, 0.717) is 11.1 Å². The molecule has 5 nitrogen and oxygen atoms in total. The molecule has 5 heteroatoms. The lowest BCUT2D eigenvalue weighted by atomic mass is 10.0. The molecule has 1 atom stereocenters. The molecule has 5 rings (SSSR count). The molecule has 0 saturated carbocycles. The quantitative estimate of drug-likeness (QED) is 0.837. The summed E-state index contributed by atoms with van der Waals surface area (Å²) in [5, 5.41) is 3.03. The minimum absolute atomic E-state index is 0.0903. The van der Waals surface area contributed by atoms with Gasteiger partial charge >= 0.3 is 0 Å². The Kier molecular flexibility index (Phi) is 4.53. The summed E-state index contributed by atoms with van der Waals surface area (Å²) in [4.78, 5) is 30.1. The molecule has 2 aromatic rings. The zero-order valence-electron chi connectivity index (χ0n) is 16.9. The smallest absolute Gasteiger partial charge is 0.257 e. The van der Waals surface area contributed by atoms with E-state index in [1.165, 1.54) is 24.0 Å². The second-order valence-corrected chi connectivity index (χ2v) is 8.46. The molecule has 0 aromatic heterocycles. The number of carbonyl (C=O) groups excluding carboxylic acids is 2. The van der Waals surface area contributed by atoms with Crippen molar-refractivity contribution in [3.63, 3.8) is 0 Å². The number of anilines is 2. The van der Waals surface area contributed by atoms with Gasteiger partial charge in [0.05, 0.1) is 11.3 Å². The van der Waals surface area contributed by atoms with Gasteiger partial charge in [0.15, 0.2) is 0 Å². The topological polar surface area (TPSA) is 52.7 Å². The number of aryl methyl sites for hydroxylation is 2. The minimum Gasteiger partial charge on any atom is -0.354 e. The van der Waals surface area contributed by atoms with Crippen LogP contribution in [-0.2, 0) is 12.8 Å². The van der Waals surface area contributed by atoms with Gasteiger partial charge in [0.2, 0.25) is 0 Å². The summed E-state index contributed by atoms with van der Waals surface area (Å²) in [7, 11) is 2.04. The zero-order chi connectivity index (χ0) is 20.0. The van der Waals surface area contributed by atoms with Gasteiger partial charge < -0.3 is 15.1 Å². The number of rotatable bonds is 2. The van der Waals surface area contributed by atoms with Gasteiger partial charge in [-0.3, -0.25) is 9.59 Å². The molecule has 2 aliphatic heterocycles. The molecule has 2 amide bonds. The van der Waals surface area contributed by atoms with Gasteiger partial charge in [-0.2, -0.15) is 0 Å². The van der Waals surface area contributed by atoms with Crippen LogP contribution in [0.1, 0.15) is 63.9 Å². The molecule has 1 saturated heterocycles. The molecule has 1 N–H and O–H groups in total. The third-order valence-electron chi connectivity index (χ3n) is 6.66. The third kappa shape index (κ3) is 3.18. The first-order chi connectivity index (χ1) is 14.1. The summed E-state index contributed by atoms with van der Waals surface area (Å²) in [5.74, 6) is -0.0366. The first-order valence-corrected chi connectivity index (χ1v) is 10.7. The van der Waals surface area contributed by atoms with E-state index >= 15 is 0 Å². The SMILES string of the molecule is CN1c2cc(C(=O)Nc3ccc4c(c3)CCC4)ccc2C(=O)N2CCCCC[C@@H]21. The van der Waals surface area contributed by atoms with Crippen LogP contribution in [-0.4, -0.2) is 36.5 Å². The van der Waals surface area contributed by atoms with Crippen LogP contribution in [0.5, 0.6) is 0 Å². The molecule has 1 fully saturated rings. The van der Waals surface area contributed by atoms with Crippen molar-refractivity contribution in [1.82, 2.24) is 4.90 Å². The molecule has 1 aliphatic carbocycles. The van der Waals surface area contributed by atoms with Crippen LogP contribution in [0.3, 0.4) is 0 Å². The lowest BCUT2D eigenvalue weighted by molar-refractivity contribution is 0.0661. The Morgan fingerprint density at radius 1 is 1.00 bits per heavy atom. The summed E-state index contributed by atoms with van der Waals surface area (Å²) in [6.07, 6.45) is 7.84. The number of amides is 2. The molecule has 0 unspecified atom stereocenters. The predicted molar refractivity (Wildman–Crippen MR) is 115 cm³/mol. The van der Waals surface area contributed by atoms with E-state index in [4.69, 9.17) is 0 Å². The first-order valence-electron chi connectivity index (χ1n) is 10.7. The minimum atomic E-state index is -0.130. The van der Waals surface area contributed by atoms with E-state index in [1.807, 2.05) is 30.1 Å². The van der Waals surface area contributed by atoms with Crippen LogP contribution in [0.2, 0.25) is 0 Å². The molecule has 29 heavy (non-hydrogen) atoms. The van der Waals surface area contributed by atoms with E-state index in [2.05, 4.69) is 22.3 Å². The van der Waals surface area contributed by atoms with Crippen molar-refractivity contribution in [2.24, 2.45) is 0 Å². The van der Waals surface area contributed by atoms with Gasteiger partial charge in [-0.15, -0.1) is 0 Å². The standard InChI is InChI=1S/C24H27N3O2/c1-26-21-15-18(23(28)25-19-11-9-16-6-5-7-17(16)14-19)10-12-20(21)24(29)27-13-4-2-3-8-22(26)27/h9-12,14-15,22H,2-8,13H2,1H3,(H,25,28)/t22-/m1/s1. The highest BCUT2D eigenvalue weighted by Gasteiger charge is 2.36. The van der Waals surface area contributed by atoms with Crippen LogP contribution >= 0.6 is 0 Å². The van der Waals surface area contributed by atoms with Gasteiger partial charge in [-0.25, -0.2) is 0 Å². The Labute approximate surface area is 171 Å². The van der Waals surface area contributed by atoms with Crippen molar-refractivity contribution in [3.8, 4) is 0 Å². The van der Waals surface area contributed by atoms with Gasteiger partial charge in [0.1, 0.15) is 6.17 Å². The molecule has 2 aromatic carbocycles. The predicted octanol–water partition coefficient (Wildman–Crippen LogP) is 4.22. The van der Waals surface area contributed by atoms with Crippen molar-refractivity contribution < 1.29 is 9.59 Å². The summed E-state index contributed by atoms with van der Waals surface area (Å²) in [5.41, 5.74) is 5.72. The highest BCUT2D eigenvalue weighted by Crippen LogP contribution is 2.34. The van der Waals surface area contributed by atoms with Crippen LogP contribution in [0, 0.1) is 0 Å². The second-order valence-electron chi connectivity index (χ2n) is 8.46. The molecule has 0 radical (unpaired) electrons. The number of benzene rings is 2. The van der Waals surface area contributed by atoms with E-state index in [-0.39, 0.29) is 18.0 Å². The third-order valence-corrected chi connectivity index (χ3v) is 6.66. The highest BCUT2D eigenvalue weighted by atomic mass is 16.2. The molecule has 0 spiro atoms. The molecule has 0 bridgehead atoms. The summed E-state index contributed by atoms with van der Waals surface area (Å²) in [6.45, 7) is 0.813. The Morgan fingerprint density at radius 2 is 1.86 bits per heavy atom. The highest BCUT2D eigenvalue weighted by molar-refractivity contribution is 6.08. The van der Waals surface area contributed by atoms with Gasteiger partial charge in [0, 0.05) is 24.8 Å². The van der Waals surface area contributed by atoms with Crippen LogP contribution in [0.15, 0.2) is 36.4 Å². The largest absolute Gasteiger partial charge is 0.354 e. The number of nitrogens with zero attached hydrogens (tertiary/aromatic N) is 2. The van der Waals surface area contributed by atoms with Gasteiger partial charge in [0.25, 0.3) is 11.8 Å². The number of fused-ring (bicyclic) bond motifs is 3. The second kappa shape index (κ2) is 7.21. The van der Waals surface area contributed by atoms with Crippen LogP contribution in [0.4, 0.5) is 11.4 Å². The number of nitrogens with one attached hydrogen (secondary N) is 1. The number of hydrogen-bond donors (Lipinski definition) is 1. The van der Waals surface area contributed by atoms with Crippen molar-refractivity contribution in [2.45, 2.75) is 51.1 Å². The summed E-state index contributed by atoms with van der Waals surface area (Å²) >= 11 is 0. The summed E-state index contributed by atoms with van der Waals surface area (Å²) < 4.78 is 0. The number of hydrogen-bond acceptors (Lipinski definition) is 3. The maximum atomic E-state index is 13.0. The van der Waals surface area contributed by atoms with Crippen molar-refractivity contribution in [2.75, 3.05) is 23.8 Å². The first kappa shape index (κ1) is 18.2. The molecule has 2 heterocycles. The maximum Gasteiger partial charge on any atom is 0.257 e. The summed E-state index contributed by atoms with van der Waals surface area (Å²) in [6, 6.07) is 11.7. The molecular weight excluding hydrogens is 362 g/mol. The van der Waals surface area contributed by atoms with Gasteiger partial charge in [-0.1, -0.05) is 12.5 Å². The van der Waals surface area contributed by atoms with E-state index in [0.717, 1.165) is 50.0 Å². The fraction of sp³-hybridized carbons (Fsp3) is 0.417. The van der Waals surface area contributed by atoms with Crippen molar-refractivity contribution >= 4 is 23.2 Å². The lowest BCUT2D eigenvalue weighted by Crippen LogP contribution is -2.53. The normalized spacial score (nSPS) is 20.6. The monoisotopic (exact) mass is 389 g/mol. The van der Waals surface area contributed by atoms with E-state index < -0.39 is 0 Å². The van der Waals surface area contributed by atoms with E-state index in [1.54, 1.807) is 6.07 Å². The van der Waals surface area contributed by atoms with Crippen molar-refractivity contribution in [3.05, 3.63) is 58.7 Å². The molecular formula is C24H27N3O2. The lowest BCUT2D eigenvalue weighted by Gasteiger charge is -2.43. The van der Waals surface area contributed by atoms with Crippen molar-refractivity contribution in [1.29, 1.82) is 0 Å². The fourth-order valence-corrected chi connectivity index (χ4v) is 5.04. The Morgan fingerprint density at radius 3 is 2.76 bits per heavy atom. The molecule has 3 aliphatic rings. The Bertz CT molecular complexity index is 984. The Hall–Kier alpha value is -2.82. The maximum absolute atomic E-state index is 13.0. The Balaban J connectivity index is 1.41. The number of carbonyl (C=O) groups is 2. The van der Waals surface area contributed by atoms with Crippen LogP contribution in [0.25, 0.3) is 0 Å². The van der Waals surface area contributed by atoms with E-state index in [9.17, 15) is 9.59 Å². The van der Waals surface area contributed by atoms with Crippen LogP contribution < -0.4 is 10.2 Å². The average molecular weight is 389 g/mol.